The van der Waals surface area contributed by atoms with E-state index in [2.05, 4.69) is 5.32 Å². The van der Waals surface area contributed by atoms with E-state index in [4.69, 9.17) is 9.47 Å². The van der Waals surface area contributed by atoms with Crippen LogP contribution in [0.25, 0.3) is 0 Å². The van der Waals surface area contributed by atoms with Gasteiger partial charge in [0.25, 0.3) is 5.91 Å². The number of benzene rings is 1. The summed E-state index contributed by atoms with van der Waals surface area (Å²) < 4.78 is 10.4. The van der Waals surface area contributed by atoms with Gasteiger partial charge in [-0.1, -0.05) is 6.07 Å². The summed E-state index contributed by atoms with van der Waals surface area (Å²) in [7, 11) is 1.57. The fourth-order valence-corrected chi connectivity index (χ4v) is 2.27. The Morgan fingerprint density at radius 3 is 2.80 bits per heavy atom. The van der Waals surface area contributed by atoms with Gasteiger partial charge in [0.1, 0.15) is 11.5 Å². The van der Waals surface area contributed by atoms with Crippen molar-refractivity contribution in [2.75, 3.05) is 32.3 Å². The summed E-state index contributed by atoms with van der Waals surface area (Å²) >= 11 is 1.53. The quantitative estimate of drug-likeness (QED) is 0.757. The summed E-state index contributed by atoms with van der Waals surface area (Å²) in [6.07, 6.45) is 1.90. The second-order valence-electron chi connectivity index (χ2n) is 4.67. The fourth-order valence-electron chi connectivity index (χ4n) is 1.54. The van der Waals surface area contributed by atoms with Gasteiger partial charge < -0.3 is 19.9 Å². The molecular formula is C14H21NO4S. The highest BCUT2D eigenvalue weighted by Crippen LogP contribution is 2.18. The number of ether oxygens (including phenoxy) is 2. The average Bonchev–Trinajstić information content (AvgIpc) is 2.43. The van der Waals surface area contributed by atoms with Crippen molar-refractivity contribution < 1.29 is 19.4 Å². The van der Waals surface area contributed by atoms with Gasteiger partial charge in [-0.3, -0.25) is 4.79 Å². The maximum absolute atomic E-state index is 11.6. The van der Waals surface area contributed by atoms with Crippen LogP contribution in [0.2, 0.25) is 0 Å². The molecule has 0 aliphatic carbocycles. The molecule has 0 radical (unpaired) electrons. The van der Waals surface area contributed by atoms with Crippen molar-refractivity contribution in [3.05, 3.63) is 24.3 Å². The summed E-state index contributed by atoms with van der Waals surface area (Å²) in [5.74, 6) is 1.53. The molecule has 1 amide bonds. The number of hydrogen-bond donors (Lipinski definition) is 2. The summed E-state index contributed by atoms with van der Waals surface area (Å²) in [5, 5.41) is 12.6. The molecule has 1 rings (SSSR count). The summed E-state index contributed by atoms with van der Waals surface area (Å²) in [5.41, 5.74) is -0.912. The molecule has 1 atom stereocenters. The number of amides is 1. The van der Waals surface area contributed by atoms with Crippen LogP contribution in [0.1, 0.15) is 6.92 Å². The topological polar surface area (TPSA) is 67.8 Å². The molecule has 1 aromatic rings. The molecular weight excluding hydrogens is 278 g/mol. The van der Waals surface area contributed by atoms with Gasteiger partial charge in [0, 0.05) is 18.4 Å². The molecule has 0 heterocycles. The van der Waals surface area contributed by atoms with Crippen LogP contribution in [-0.4, -0.2) is 48.9 Å². The Kier molecular flexibility index (Phi) is 6.67. The molecule has 0 aliphatic rings. The minimum absolute atomic E-state index is 0.0947. The van der Waals surface area contributed by atoms with E-state index < -0.39 is 5.60 Å². The van der Waals surface area contributed by atoms with E-state index >= 15 is 0 Å². The van der Waals surface area contributed by atoms with Crippen molar-refractivity contribution in [2.45, 2.75) is 12.5 Å². The zero-order valence-electron chi connectivity index (χ0n) is 12.0. The number of carbonyl (C=O) groups excluding carboxylic acids is 1. The average molecular weight is 299 g/mol. The van der Waals surface area contributed by atoms with E-state index in [1.165, 1.54) is 11.8 Å². The Morgan fingerprint density at radius 2 is 2.15 bits per heavy atom. The predicted octanol–water partition coefficient (Wildman–Crippen LogP) is 1.30. The molecule has 1 aromatic carbocycles. The Hall–Kier alpha value is -1.40. The Morgan fingerprint density at radius 1 is 1.45 bits per heavy atom. The Labute approximate surface area is 123 Å². The van der Waals surface area contributed by atoms with E-state index in [0.29, 0.717) is 17.3 Å². The first-order valence-electron chi connectivity index (χ1n) is 6.22. The van der Waals surface area contributed by atoms with E-state index in [1.54, 1.807) is 38.3 Å². The van der Waals surface area contributed by atoms with Gasteiger partial charge in [-0.2, -0.15) is 11.8 Å². The molecule has 0 bridgehead atoms. The number of carbonyl (C=O) groups is 1. The summed E-state index contributed by atoms with van der Waals surface area (Å²) in [6, 6.07) is 7.04. The second kappa shape index (κ2) is 8.01. The normalized spacial score (nSPS) is 13.4. The van der Waals surface area contributed by atoms with Crippen LogP contribution in [0, 0.1) is 0 Å². The molecule has 0 spiro atoms. The fraction of sp³-hybridized carbons (Fsp3) is 0.500. The number of rotatable bonds is 8. The van der Waals surface area contributed by atoms with E-state index in [-0.39, 0.29) is 19.1 Å². The molecule has 0 aliphatic heterocycles. The van der Waals surface area contributed by atoms with Crippen LogP contribution in [-0.2, 0) is 4.79 Å². The number of hydrogen-bond acceptors (Lipinski definition) is 5. The van der Waals surface area contributed by atoms with Crippen LogP contribution in [0.5, 0.6) is 11.5 Å². The van der Waals surface area contributed by atoms with Crippen molar-refractivity contribution >= 4 is 17.7 Å². The summed E-state index contributed by atoms with van der Waals surface area (Å²) in [6.45, 7) is 1.79. The van der Waals surface area contributed by atoms with E-state index in [1.807, 2.05) is 6.26 Å². The lowest BCUT2D eigenvalue weighted by atomic mass is 10.1. The van der Waals surface area contributed by atoms with Gasteiger partial charge >= 0.3 is 0 Å². The Bertz CT molecular complexity index is 437. The largest absolute Gasteiger partial charge is 0.497 e. The minimum Gasteiger partial charge on any atom is -0.497 e. The van der Waals surface area contributed by atoms with E-state index in [0.717, 1.165) is 0 Å². The predicted molar refractivity (Wildman–Crippen MR) is 80.5 cm³/mol. The SMILES string of the molecule is COc1cccc(OCC(=O)NCC(C)(O)CSC)c1. The van der Waals surface area contributed by atoms with Crippen molar-refractivity contribution in [1.29, 1.82) is 0 Å². The lowest BCUT2D eigenvalue weighted by Gasteiger charge is -2.22. The molecule has 1 unspecified atom stereocenters. The monoisotopic (exact) mass is 299 g/mol. The highest BCUT2D eigenvalue weighted by molar-refractivity contribution is 7.98. The number of aliphatic hydroxyl groups is 1. The molecule has 0 fully saturated rings. The highest BCUT2D eigenvalue weighted by Gasteiger charge is 2.20. The third kappa shape index (κ3) is 6.16. The van der Waals surface area contributed by atoms with Crippen LogP contribution in [0.15, 0.2) is 24.3 Å². The number of nitrogens with one attached hydrogen (secondary N) is 1. The van der Waals surface area contributed by atoms with Crippen molar-refractivity contribution in [3.8, 4) is 11.5 Å². The molecule has 0 saturated heterocycles. The molecule has 0 saturated carbocycles. The first-order chi connectivity index (χ1) is 9.46. The number of methoxy groups -OCH3 is 1. The highest BCUT2D eigenvalue weighted by atomic mass is 32.2. The zero-order chi connectivity index (χ0) is 15.0. The molecule has 6 heteroatoms. The summed E-state index contributed by atoms with van der Waals surface area (Å²) in [4.78, 5) is 11.6. The van der Waals surface area contributed by atoms with Gasteiger partial charge in [-0.15, -0.1) is 0 Å². The molecule has 0 aromatic heterocycles. The minimum atomic E-state index is -0.912. The molecule has 2 N–H and O–H groups in total. The number of thioether (sulfide) groups is 1. The lowest BCUT2D eigenvalue weighted by Crippen LogP contribution is -2.43. The maximum Gasteiger partial charge on any atom is 0.258 e. The zero-order valence-corrected chi connectivity index (χ0v) is 12.8. The second-order valence-corrected chi connectivity index (χ2v) is 5.54. The van der Waals surface area contributed by atoms with E-state index in [9.17, 15) is 9.90 Å². The van der Waals surface area contributed by atoms with Gasteiger partial charge in [-0.05, 0) is 25.3 Å². The van der Waals surface area contributed by atoms with Crippen LogP contribution >= 0.6 is 11.8 Å². The van der Waals surface area contributed by atoms with Crippen LogP contribution in [0.4, 0.5) is 0 Å². The Balaban J connectivity index is 2.36. The molecule has 5 nitrogen and oxygen atoms in total. The first-order valence-corrected chi connectivity index (χ1v) is 7.61. The van der Waals surface area contributed by atoms with Crippen LogP contribution in [0.3, 0.4) is 0 Å². The van der Waals surface area contributed by atoms with Gasteiger partial charge in [0.2, 0.25) is 0 Å². The molecule has 112 valence electrons. The molecule has 20 heavy (non-hydrogen) atoms. The van der Waals surface area contributed by atoms with Gasteiger partial charge in [-0.25, -0.2) is 0 Å². The van der Waals surface area contributed by atoms with Crippen LogP contribution < -0.4 is 14.8 Å². The standard InChI is InChI=1S/C14H21NO4S/c1-14(17,10-20-3)9-15-13(16)8-19-12-6-4-5-11(7-12)18-2/h4-7,17H,8-10H2,1-3H3,(H,15,16). The smallest absolute Gasteiger partial charge is 0.258 e. The third-order valence-corrected chi connectivity index (χ3v) is 3.44. The lowest BCUT2D eigenvalue weighted by molar-refractivity contribution is -0.124. The van der Waals surface area contributed by atoms with Gasteiger partial charge in [0.05, 0.1) is 12.7 Å². The van der Waals surface area contributed by atoms with Crippen molar-refractivity contribution in [3.63, 3.8) is 0 Å². The maximum atomic E-state index is 11.6. The van der Waals surface area contributed by atoms with Crippen molar-refractivity contribution in [1.82, 2.24) is 5.32 Å². The first kappa shape index (κ1) is 16.7. The van der Waals surface area contributed by atoms with Gasteiger partial charge in [0.15, 0.2) is 6.61 Å². The third-order valence-electron chi connectivity index (χ3n) is 2.53. The van der Waals surface area contributed by atoms with Crippen molar-refractivity contribution in [2.24, 2.45) is 0 Å².